The molecule has 15 heavy (non-hydrogen) atoms. The van der Waals surface area contributed by atoms with Crippen LogP contribution >= 0.6 is 0 Å². The molecule has 3 N–H and O–H groups in total. The molecule has 0 radical (unpaired) electrons. The number of sulfonamides is 1. The van der Waals surface area contributed by atoms with Gasteiger partial charge in [0, 0.05) is 6.04 Å². The highest BCUT2D eigenvalue weighted by atomic mass is 32.2. The van der Waals surface area contributed by atoms with E-state index in [1.165, 1.54) is 0 Å². The van der Waals surface area contributed by atoms with E-state index in [4.69, 9.17) is 5.73 Å². The van der Waals surface area contributed by atoms with E-state index in [1.54, 1.807) is 39.0 Å². The molecule has 0 bridgehead atoms. The molecule has 0 heterocycles. The van der Waals surface area contributed by atoms with Crippen LogP contribution in [-0.4, -0.2) is 14.5 Å². The number of hydrogen-bond donors (Lipinski definition) is 2. The van der Waals surface area contributed by atoms with E-state index in [-0.39, 0.29) is 16.6 Å². The molecule has 0 aliphatic heterocycles. The molecule has 0 fully saturated rings. The summed E-state index contributed by atoms with van der Waals surface area (Å²) in [6.45, 7) is 5.27. The van der Waals surface area contributed by atoms with Crippen molar-refractivity contribution in [2.45, 2.75) is 31.7 Å². The van der Waals surface area contributed by atoms with E-state index in [9.17, 15) is 8.42 Å². The molecule has 0 amide bonds. The van der Waals surface area contributed by atoms with Crippen LogP contribution in [0.25, 0.3) is 0 Å². The lowest BCUT2D eigenvalue weighted by molar-refractivity contribution is 0.569. The molecule has 0 aliphatic carbocycles. The Kier molecular flexibility index (Phi) is 3.36. The smallest absolute Gasteiger partial charge is 0.243 e. The Balaban J connectivity index is 3.27. The second kappa shape index (κ2) is 4.20. The van der Waals surface area contributed by atoms with Gasteiger partial charge in [0.05, 0.1) is 5.69 Å². The molecule has 1 aromatic rings. The summed E-state index contributed by atoms with van der Waals surface area (Å²) in [6, 6.07) is 4.90. The molecule has 0 saturated carbocycles. The van der Waals surface area contributed by atoms with Crippen LogP contribution in [0.2, 0.25) is 0 Å². The predicted molar refractivity (Wildman–Crippen MR) is 61.0 cm³/mol. The summed E-state index contributed by atoms with van der Waals surface area (Å²) < 4.78 is 26.3. The quantitative estimate of drug-likeness (QED) is 0.765. The molecule has 84 valence electrons. The third-order valence-corrected chi connectivity index (χ3v) is 3.78. The Labute approximate surface area is 90.5 Å². The summed E-state index contributed by atoms with van der Waals surface area (Å²) in [7, 11) is -3.50. The van der Waals surface area contributed by atoms with Gasteiger partial charge in [0.2, 0.25) is 10.0 Å². The number of benzene rings is 1. The summed E-state index contributed by atoms with van der Waals surface area (Å²) >= 11 is 0. The fraction of sp³-hybridized carbons (Fsp3) is 0.400. The first-order valence-corrected chi connectivity index (χ1v) is 6.20. The molecular formula is C10H16N2O2S. The lowest BCUT2D eigenvalue weighted by Gasteiger charge is -2.13. The summed E-state index contributed by atoms with van der Waals surface area (Å²) in [4.78, 5) is 0.179. The first-order chi connectivity index (χ1) is 6.84. The molecule has 0 aromatic heterocycles. The number of anilines is 1. The normalized spacial score (nSPS) is 12.0. The Bertz CT molecular complexity index is 432. The summed E-state index contributed by atoms with van der Waals surface area (Å²) in [5.41, 5.74) is 6.60. The van der Waals surface area contributed by atoms with Gasteiger partial charge < -0.3 is 5.73 Å². The van der Waals surface area contributed by atoms with Crippen molar-refractivity contribution in [2.24, 2.45) is 0 Å². The van der Waals surface area contributed by atoms with Crippen molar-refractivity contribution < 1.29 is 8.42 Å². The highest BCUT2D eigenvalue weighted by Crippen LogP contribution is 2.21. The van der Waals surface area contributed by atoms with E-state index in [0.29, 0.717) is 5.56 Å². The van der Waals surface area contributed by atoms with E-state index >= 15 is 0 Å². The number of aryl methyl sites for hydroxylation is 1. The van der Waals surface area contributed by atoms with Gasteiger partial charge in [-0.15, -0.1) is 0 Å². The van der Waals surface area contributed by atoms with E-state index in [2.05, 4.69) is 4.72 Å². The summed E-state index contributed by atoms with van der Waals surface area (Å²) in [6.07, 6.45) is 0. The molecule has 1 rings (SSSR count). The van der Waals surface area contributed by atoms with Gasteiger partial charge in [-0.05, 0) is 32.4 Å². The standard InChI is InChI=1S/C10H16N2O2S/c1-7(2)12-15(13,14)10-8(3)5-4-6-9(10)11/h4-7,12H,11H2,1-3H3. The van der Waals surface area contributed by atoms with Crippen molar-refractivity contribution in [2.75, 3.05) is 5.73 Å². The van der Waals surface area contributed by atoms with Gasteiger partial charge >= 0.3 is 0 Å². The highest BCUT2D eigenvalue weighted by molar-refractivity contribution is 7.89. The number of nitrogen functional groups attached to an aromatic ring is 1. The largest absolute Gasteiger partial charge is 0.398 e. The topological polar surface area (TPSA) is 72.2 Å². The molecule has 0 atom stereocenters. The lowest BCUT2D eigenvalue weighted by atomic mass is 10.2. The fourth-order valence-corrected chi connectivity index (χ4v) is 3.02. The van der Waals surface area contributed by atoms with Crippen LogP contribution in [0.5, 0.6) is 0 Å². The Morgan fingerprint density at radius 3 is 2.40 bits per heavy atom. The van der Waals surface area contributed by atoms with Crippen molar-refractivity contribution in [1.82, 2.24) is 4.72 Å². The number of rotatable bonds is 3. The van der Waals surface area contributed by atoms with Gasteiger partial charge in [-0.25, -0.2) is 13.1 Å². The van der Waals surface area contributed by atoms with Crippen molar-refractivity contribution in [3.05, 3.63) is 23.8 Å². The van der Waals surface area contributed by atoms with Gasteiger partial charge in [0.1, 0.15) is 4.90 Å². The van der Waals surface area contributed by atoms with Crippen LogP contribution in [0.4, 0.5) is 5.69 Å². The molecule has 0 aliphatic rings. The van der Waals surface area contributed by atoms with Crippen molar-refractivity contribution in [1.29, 1.82) is 0 Å². The predicted octanol–water partition coefficient (Wildman–Crippen LogP) is 1.26. The van der Waals surface area contributed by atoms with Crippen molar-refractivity contribution >= 4 is 15.7 Å². The minimum Gasteiger partial charge on any atom is -0.398 e. The minimum atomic E-state index is -3.50. The monoisotopic (exact) mass is 228 g/mol. The second-order valence-corrected chi connectivity index (χ2v) is 5.42. The van der Waals surface area contributed by atoms with Crippen LogP contribution < -0.4 is 10.5 Å². The van der Waals surface area contributed by atoms with Gasteiger partial charge in [-0.3, -0.25) is 0 Å². The Morgan fingerprint density at radius 1 is 1.33 bits per heavy atom. The number of nitrogens with one attached hydrogen (secondary N) is 1. The fourth-order valence-electron chi connectivity index (χ4n) is 1.41. The van der Waals surface area contributed by atoms with Crippen molar-refractivity contribution in [3.63, 3.8) is 0 Å². The maximum atomic E-state index is 11.9. The zero-order valence-corrected chi connectivity index (χ0v) is 9.93. The molecule has 0 saturated heterocycles. The SMILES string of the molecule is Cc1cccc(N)c1S(=O)(=O)NC(C)C. The van der Waals surface area contributed by atoms with Gasteiger partial charge in [-0.1, -0.05) is 12.1 Å². The maximum absolute atomic E-state index is 11.9. The van der Waals surface area contributed by atoms with Gasteiger partial charge in [0.15, 0.2) is 0 Å². The number of nitrogens with two attached hydrogens (primary N) is 1. The van der Waals surface area contributed by atoms with Crippen LogP contribution in [0.15, 0.2) is 23.1 Å². The molecule has 0 spiro atoms. The average molecular weight is 228 g/mol. The average Bonchev–Trinajstić information content (AvgIpc) is 1.99. The first kappa shape index (κ1) is 12.0. The second-order valence-electron chi connectivity index (χ2n) is 3.77. The van der Waals surface area contributed by atoms with Crippen LogP contribution in [0, 0.1) is 6.92 Å². The summed E-state index contributed by atoms with van der Waals surface area (Å²) in [5.74, 6) is 0. The van der Waals surface area contributed by atoms with E-state index < -0.39 is 10.0 Å². The summed E-state index contributed by atoms with van der Waals surface area (Å²) in [5, 5.41) is 0. The van der Waals surface area contributed by atoms with Crippen molar-refractivity contribution in [3.8, 4) is 0 Å². The highest BCUT2D eigenvalue weighted by Gasteiger charge is 2.20. The zero-order chi connectivity index (χ0) is 11.6. The molecule has 1 aromatic carbocycles. The Morgan fingerprint density at radius 2 is 1.93 bits per heavy atom. The van der Waals surface area contributed by atoms with Gasteiger partial charge in [0.25, 0.3) is 0 Å². The third kappa shape index (κ3) is 2.70. The minimum absolute atomic E-state index is 0.144. The van der Waals surface area contributed by atoms with Crippen LogP contribution in [-0.2, 0) is 10.0 Å². The molecular weight excluding hydrogens is 212 g/mol. The van der Waals surface area contributed by atoms with Gasteiger partial charge in [-0.2, -0.15) is 0 Å². The lowest BCUT2D eigenvalue weighted by Crippen LogP contribution is -2.31. The maximum Gasteiger partial charge on any atom is 0.243 e. The Hall–Kier alpha value is -1.07. The number of hydrogen-bond acceptors (Lipinski definition) is 3. The molecule has 4 nitrogen and oxygen atoms in total. The van der Waals surface area contributed by atoms with Crippen LogP contribution in [0.1, 0.15) is 19.4 Å². The molecule has 5 heteroatoms. The first-order valence-electron chi connectivity index (χ1n) is 4.72. The third-order valence-electron chi connectivity index (χ3n) is 1.90. The van der Waals surface area contributed by atoms with E-state index in [0.717, 1.165) is 0 Å². The zero-order valence-electron chi connectivity index (χ0n) is 9.11. The van der Waals surface area contributed by atoms with E-state index in [1.807, 2.05) is 0 Å². The molecule has 0 unspecified atom stereocenters. The van der Waals surface area contributed by atoms with Crippen LogP contribution in [0.3, 0.4) is 0 Å².